The zero-order valence-corrected chi connectivity index (χ0v) is 12.1. The lowest BCUT2D eigenvalue weighted by atomic mass is 10.3. The SMILES string of the molecule is NCCn1cc(C(=O)Nc2cc(Cl)ccc2Br)nn1. The van der Waals surface area contributed by atoms with Crippen LogP contribution in [0.5, 0.6) is 0 Å². The Morgan fingerprint density at radius 3 is 3.05 bits per heavy atom. The molecule has 0 fully saturated rings. The molecule has 0 unspecified atom stereocenters. The summed E-state index contributed by atoms with van der Waals surface area (Å²) in [5.74, 6) is -0.355. The van der Waals surface area contributed by atoms with Gasteiger partial charge in [-0.1, -0.05) is 16.8 Å². The molecule has 100 valence electrons. The molecule has 1 aromatic heterocycles. The van der Waals surface area contributed by atoms with E-state index in [2.05, 4.69) is 31.6 Å². The van der Waals surface area contributed by atoms with Crippen LogP contribution in [0.2, 0.25) is 5.02 Å². The van der Waals surface area contributed by atoms with E-state index in [1.165, 1.54) is 4.68 Å². The Morgan fingerprint density at radius 2 is 2.32 bits per heavy atom. The number of benzene rings is 1. The van der Waals surface area contributed by atoms with Crippen LogP contribution in [0.4, 0.5) is 5.69 Å². The molecule has 1 aromatic carbocycles. The van der Waals surface area contributed by atoms with Crippen molar-refractivity contribution in [3.05, 3.63) is 39.6 Å². The predicted octanol–water partition coefficient (Wildman–Crippen LogP) is 1.90. The summed E-state index contributed by atoms with van der Waals surface area (Å²) < 4.78 is 2.25. The van der Waals surface area contributed by atoms with Gasteiger partial charge in [0, 0.05) is 16.0 Å². The van der Waals surface area contributed by atoms with Crippen LogP contribution < -0.4 is 11.1 Å². The Balaban J connectivity index is 2.13. The van der Waals surface area contributed by atoms with Crippen LogP contribution in [0.15, 0.2) is 28.9 Å². The van der Waals surface area contributed by atoms with Gasteiger partial charge >= 0.3 is 0 Å². The summed E-state index contributed by atoms with van der Waals surface area (Å²) in [6.45, 7) is 0.950. The summed E-state index contributed by atoms with van der Waals surface area (Å²) in [7, 11) is 0. The largest absolute Gasteiger partial charge is 0.329 e. The van der Waals surface area contributed by atoms with Crippen molar-refractivity contribution in [2.45, 2.75) is 6.54 Å². The maximum absolute atomic E-state index is 12.0. The van der Waals surface area contributed by atoms with Gasteiger partial charge < -0.3 is 11.1 Å². The van der Waals surface area contributed by atoms with Gasteiger partial charge in [0.25, 0.3) is 5.91 Å². The first kappa shape index (κ1) is 14.0. The molecule has 0 spiro atoms. The number of carbonyl (C=O) groups is 1. The van der Waals surface area contributed by atoms with Gasteiger partial charge in [0.2, 0.25) is 0 Å². The maximum Gasteiger partial charge on any atom is 0.277 e. The zero-order valence-electron chi connectivity index (χ0n) is 9.81. The quantitative estimate of drug-likeness (QED) is 0.887. The monoisotopic (exact) mass is 343 g/mol. The lowest BCUT2D eigenvalue weighted by molar-refractivity contribution is 0.102. The number of halogens is 2. The van der Waals surface area contributed by atoms with Crippen molar-refractivity contribution in [2.24, 2.45) is 5.73 Å². The Kier molecular flexibility index (Phi) is 4.52. The maximum atomic E-state index is 12.0. The average molecular weight is 345 g/mol. The van der Waals surface area contributed by atoms with Crippen molar-refractivity contribution >= 4 is 39.1 Å². The van der Waals surface area contributed by atoms with E-state index in [1.54, 1.807) is 24.4 Å². The number of rotatable bonds is 4. The third kappa shape index (κ3) is 3.52. The van der Waals surface area contributed by atoms with Crippen molar-refractivity contribution in [2.75, 3.05) is 11.9 Å². The minimum Gasteiger partial charge on any atom is -0.329 e. The minimum absolute atomic E-state index is 0.223. The van der Waals surface area contributed by atoms with Gasteiger partial charge in [-0.2, -0.15) is 0 Å². The average Bonchev–Trinajstić information content (AvgIpc) is 2.83. The highest BCUT2D eigenvalue weighted by Crippen LogP contribution is 2.26. The normalized spacial score (nSPS) is 10.5. The second-order valence-corrected chi connectivity index (χ2v) is 5.02. The van der Waals surface area contributed by atoms with Crippen molar-refractivity contribution in [3.63, 3.8) is 0 Å². The number of hydrogen-bond acceptors (Lipinski definition) is 4. The molecule has 3 N–H and O–H groups in total. The number of nitrogens with two attached hydrogens (primary N) is 1. The lowest BCUT2D eigenvalue weighted by Crippen LogP contribution is -2.13. The molecule has 0 saturated heterocycles. The summed E-state index contributed by atoms with van der Waals surface area (Å²) >= 11 is 9.20. The van der Waals surface area contributed by atoms with Crippen LogP contribution in [-0.2, 0) is 6.54 Å². The van der Waals surface area contributed by atoms with Crippen molar-refractivity contribution in [1.29, 1.82) is 0 Å². The van der Waals surface area contributed by atoms with E-state index in [-0.39, 0.29) is 11.6 Å². The number of hydrogen-bond donors (Lipinski definition) is 2. The van der Waals surface area contributed by atoms with E-state index in [1.807, 2.05) is 0 Å². The minimum atomic E-state index is -0.355. The van der Waals surface area contributed by atoms with Crippen molar-refractivity contribution < 1.29 is 4.79 Å². The molecular weight excluding hydrogens is 334 g/mol. The summed E-state index contributed by atoms with van der Waals surface area (Å²) in [5.41, 5.74) is 6.19. The van der Waals surface area contributed by atoms with Crippen LogP contribution >= 0.6 is 27.5 Å². The second kappa shape index (κ2) is 6.14. The van der Waals surface area contributed by atoms with E-state index in [0.29, 0.717) is 23.8 Å². The smallest absolute Gasteiger partial charge is 0.277 e. The zero-order chi connectivity index (χ0) is 13.8. The number of aromatic nitrogens is 3. The van der Waals surface area contributed by atoms with Crippen molar-refractivity contribution in [1.82, 2.24) is 15.0 Å². The topological polar surface area (TPSA) is 85.8 Å². The number of nitrogens with zero attached hydrogens (tertiary/aromatic N) is 3. The first-order chi connectivity index (χ1) is 9.10. The second-order valence-electron chi connectivity index (χ2n) is 3.73. The van der Waals surface area contributed by atoms with E-state index >= 15 is 0 Å². The molecule has 0 bridgehead atoms. The highest BCUT2D eigenvalue weighted by Gasteiger charge is 2.12. The molecule has 0 radical (unpaired) electrons. The predicted molar refractivity (Wildman–Crippen MR) is 76.2 cm³/mol. The first-order valence-electron chi connectivity index (χ1n) is 5.47. The van der Waals surface area contributed by atoms with E-state index in [4.69, 9.17) is 17.3 Å². The summed E-state index contributed by atoms with van der Waals surface area (Å²) in [5, 5.41) is 10.8. The van der Waals surface area contributed by atoms with Gasteiger partial charge in [-0.25, -0.2) is 0 Å². The fraction of sp³-hybridized carbons (Fsp3) is 0.182. The first-order valence-corrected chi connectivity index (χ1v) is 6.64. The van der Waals surface area contributed by atoms with E-state index < -0.39 is 0 Å². The third-order valence-corrected chi connectivity index (χ3v) is 3.23. The molecule has 8 heteroatoms. The number of amides is 1. The number of carbonyl (C=O) groups excluding carboxylic acids is 1. The summed E-state index contributed by atoms with van der Waals surface area (Å²) in [4.78, 5) is 12.0. The Morgan fingerprint density at radius 1 is 1.53 bits per heavy atom. The van der Waals surface area contributed by atoms with Gasteiger partial charge in [-0.3, -0.25) is 9.48 Å². The van der Waals surface area contributed by atoms with E-state index in [9.17, 15) is 4.79 Å². The molecule has 0 aliphatic rings. The highest BCUT2D eigenvalue weighted by molar-refractivity contribution is 9.10. The summed E-state index contributed by atoms with van der Waals surface area (Å²) in [6.07, 6.45) is 1.54. The van der Waals surface area contributed by atoms with Gasteiger partial charge in [-0.05, 0) is 34.1 Å². The van der Waals surface area contributed by atoms with Crippen LogP contribution in [0, 0.1) is 0 Å². The van der Waals surface area contributed by atoms with Crippen LogP contribution in [0.1, 0.15) is 10.5 Å². The van der Waals surface area contributed by atoms with Gasteiger partial charge in [-0.15, -0.1) is 5.10 Å². The molecule has 1 amide bonds. The molecule has 2 rings (SSSR count). The van der Waals surface area contributed by atoms with Gasteiger partial charge in [0.05, 0.1) is 18.4 Å². The van der Waals surface area contributed by atoms with Gasteiger partial charge in [0.15, 0.2) is 5.69 Å². The lowest BCUT2D eigenvalue weighted by Gasteiger charge is -2.05. The molecule has 2 aromatic rings. The molecule has 6 nitrogen and oxygen atoms in total. The van der Waals surface area contributed by atoms with Gasteiger partial charge in [0.1, 0.15) is 0 Å². The van der Waals surface area contributed by atoms with Crippen LogP contribution in [0.3, 0.4) is 0 Å². The van der Waals surface area contributed by atoms with E-state index in [0.717, 1.165) is 4.47 Å². The summed E-state index contributed by atoms with van der Waals surface area (Å²) in [6, 6.07) is 5.12. The molecule has 1 heterocycles. The van der Waals surface area contributed by atoms with Crippen LogP contribution in [-0.4, -0.2) is 27.4 Å². The molecule has 0 aliphatic carbocycles. The third-order valence-electron chi connectivity index (χ3n) is 2.31. The van der Waals surface area contributed by atoms with Crippen LogP contribution in [0.25, 0.3) is 0 Å². The number of anilines is 1. The highest BCUT2D eigenvalue weighted by atomic mass is 79.9. The Bertz CT molecular complexity index is 601. The molecular formula is C11H11BrClN5O. The molecule has 0 atom stereocenters. The Hall–Kier alpha value is -1.44. The fourth-order valence-corrected chi connectivity index (χ4v) is 1.94. The molecule has 19 heavy (non-hydrogen) atoms. The standard InChI is InChI=1S/C11H11BrClN5O/c12-8-2-1-7(13)5-9(8)15-11(19)10-6-18(4-3-14)17-16-10/h1-2,5-6H,3-4,14H2,(H,15,19). The molecule has 0 aliphatic heterocycles. The molecule has 0 saturated carbocycles. The number of nitrogens with one attached hydrogen (secondary N) is 1. The Labute approximate surface area is 123 Å². The fourth-order valence-electron chi connectivity index (χ4n) is 1.42. The van der Waals surface area contributed by atoms with Crippen molar-refractivity contribution in [3.8, 4) is 0 Å².